The van der Waals surface area contributed by atoms with Gasteiger partial charge in [0.15, 0.2) is 0 Å². The summed E-state index contributed by atoms with van der Waals surface area (Å²) in [5.74, 6) is 2.16. The molecule has 2 aliphatic rings. The molecule has 0 heterocycles. The third kappa shape index (κ3) is 2.04. The van der Waals surface area contributed by atoms with Gasteiger partial charge in [-0.1, -0.05) is 0 Å². The molecule has 0 radical (unpaired) electrons. The van der Waals surface area contributed by atoms with E-state index in [2.05, 4.69) is 0 Å². The maximum Gasteiger partial charge on any atom is 0.308 e. The maximum atomic E-state index is 11.2. The first-order valence-corrected chi connectivity index (χ1v) is 5.39. The van der Waals surface area contributed by atoms with E-state index in [0.717, 1.165) is 24.7 Å². The molecule has 0 saturated heterocycles. The van der Waals surface area contributed by atoms with E-state index in [0.29, 0.717) is 0 Å². The van der Waals surface area contributed by atoms with E-state index in [1.54, 1.807) is 0 Å². The average molecular weight is 182 g/mol. The summed E-state index contributed by atoms with van der Waals surface area (Å²) in [5, 5.41) is 0. The third-order valence-corrected chi connectivity index (χ3v) is 3.60. The number of ether oxygens (including phenoxy) is 1. The molecule has 2 rings (SSSR count). The Bertz CT molecular complexity index is 188. The first-order valence-electron chi connectivity index (χ1n) is 5.39. The molecule has 0 bridgehead atoms. The van der Waals surface area contributed by atoms with Gasteiger partial charge >= 0.3 is 5.97 Å². The maximum absolute atomic E-state index is 11.2. The van der Waals surface area contributed by atoms with Crippen molar-refractivity contribution < 1.29 is 9.53 Å². The molecule has 2 heteroatoms. The lowest BCUT2D eigenvalue weighted by atomic mass is 9.80. The van der Waals surface area contributed by atoms with Crippen LogP contribution in [0.1, 0.15) is 38.5 Å². The Morgan fingerprint density at radius 2 is 1.46 bits per heavy atom. The van der Waals surface area contributed by atoms with Gasteiger partial charge in [-0.3, -0.25) is 4.79 Å². The lowest BCUT2D eigenvalue weighted by molar-refractivity contribution is -0.146. The summed E-state index contributed by atoms with van der Waals surface area (Å²) in [7, 11) is 1.50. The molecule has 74 valence electrons. The summed E-state index contributed by atoms with van der Waals surface area (Å²) in [4.78, 5) is 11.2. The van der Waals surface area contributed by atoms with Crippen molar-refractivity contribution >= 4 is 5.97 Å². The van der Waals surface area contributed by atoms with E-state index in [4.69, 9.17) is 4.74 Å². The molecule has 0 aromatic carbocycles. The molecule has 0 spiro atoms. The van der Waals surface area contributed by atoms with Gasteiger partial charge in [-0.25, -0.2) is 0 Å². The number of carbonyl (C=O) groups excluding carboxylic acids is 1. The Morgan fingerprint density at radius 3 is 1.85 bits per heavy atom. The zero-order valence-electron chi connectivity index (χ0n) is 8.29. The minimum atomic E-state index is 0.00856. The summed E-state index contributed by atoms with van der Waals surface area (Å²) in [6.45, 7) is 0. The number of esters is 1. The second-order valence-electron chi connectivity index (χ2n) is 4.47. The van der Waals surface area contributed by atoms with Crippen LogP contribution in [0.3, 0.4) is 0 Å². The molecule has 2 nitrogen and oxygen atoms in total. The minimum absolute atomic E-state index is 0.00856. The van der Waals surface area contributed by atoms with Crippen LogP contribution >= 0.6 is 0 Å². The second kappa shape index (κ2) is 3.69. The molecule has 0 unspecified atom stereocenters. The van der Waals surface area contributed by atoms with Crippen molar-refractivity contribution in [3.05, 3.63) is 0 Å². The Morgan fingerprint density at radius 1 is 1.00 bits per heavy atom. The summed E-state index contributed by atoms with van der Waals surface area (Å²) in [6, 6.07) is 0. The first-order chi connectivity index (χ1) is 6.31. The van der Waals surface area contributed by atoms with Crippen LogP contribution in [0, 0.1) is 17.8 Å². The van der Waals surface area contributed by atoms with E-state index >= 15 is 0 Å². The molecule has 0 amide bonds. The quantitative estimate of drug-likeness (QED) is 0.613. The molecule has 2 aliphatic carbocycles. The number of rotatable bonds is 2. The van der Waals surface area contributed by atoms with Gasteiger partial charge < -0.3 is 4.74 Å². The van der Waals surface area contributed by atoms with Gasteiger partial charge in [-0.15, -0.1) is 0 Å². The summed E-state index contributed by atoms with van der Waals surface area (Å²) in [5.41, 5.74) is 0. The predicted octanol–water partition coefficient (Wildman–Crippen LogP) is 2.38. The summed E-state index contributed by atoms with van der Waals surface area (Å²) >= 11 is 0. The standard InChI is InChI=1S/C11H18O2/c1-13-11(12)10-6-4-9(5-7-10)8-2-3-8/h8-10H,2-7H2,1H3. The van der Waals surface area contributed by atoms with Crippen LogP contribution in [0.5, 0.6) is 0 Å². The highest BCUT2D eigenvalue weighted by Crippen LogP contribution is 2.45. The summed E-state index contributed by atoms with van der Waals surface area (Å²) < 4.78 is 4.76. The van der Waals surface area contributed by atoms with Crippen molar-refractivity contribution in [2.24, 2.45) is 17.8 Å². The monoisotopic (exact) mass is 182 g/mol. The third-order valence-electron chi connectivity index (χ3n) is 3.60. The molecule has 2 fully saturated rings. The van der Waals surface area contributed by atoms with Crippen molar-refractivity contribution in [2.75, 3.05) is 7.11 Å². The van der Waals surface area contributed by atoms with Gasteiger partial charge in [0, 0.05) is 0 Å². The fourth-order valence-corrected chi connectivity index (χ4v) is 2.56. The van der Waals surface area contributed by atoms with Crippen LogP contribution in [-0.4, -0.2) is 13.1 Å². The van der Waals surface area contributed by atoms with Crippen LogP contribution in [0.15, 0.2) is 0 Å². The molecule has 2 saturated carbocycles. The zero-order chi connectivity index (χ0) is 9.26. The van der Waals surface area contributed by atoms with E-state index in [1.165, 1.54) is 32.8 Å². The molecule has 0 N–H and O–H groups in total. The second-order valence-corrected chi connectivity index (χ2v) is 4.47. The topological polar surface area (TPSA) is 26.3 Å². The van der Waals surface area contributed by atoms with Crippen molar-refractivity contribution in [3.8, 4) is 0 Å². The Kier molecular flexibility index (Phi) is 2.56. The number of hydrogen-bond donors (Lipinski definition) is 0. The lowest BCUT2D eigenvalue weighted by Crippen LogP contribution is -2.23. The molecular formula is C11H18O2. The van der Waals surface area contributed by atoms with E-state index in [-0.39, 0.29) is 11.9 Å². The van der Waals surface area contributed by atoms with Gasteiger partial charge in [0.2, 0.25) is 0 Å². The van der Waals surface area contributed by atoms with Crippen LogP contribution in [0.2, 0.25) is 0 Å². The van der Waals surface area contributed by atoms with Crippen LogP contribution in [-0.2, 0) is 9.53 Å². The first kappa shape index (κ1) is 9.04. The molecular weight excluding hydrogens is 164 g/mol. The number of carbonyl (C=O) groups is 1. The minimum Gasteiger partial charge on any atom is -0.469 e. The average Bonchev–Trinajstić information content (AvgIpc) is 3.00. The molecule has 0 aromatic rings. The number of methoxy groups -OCH3 is 1. The van der Waals surface area contributed by atoms with Gasteiger partial charge in [-0.05, 0) is 50.4 Å². The van der Waals surface area contributed by atoms with Gasteiger partial charge in [-0.2, -0.15) is 0 Å². The van der Waals surface area contributed by atoms with E-state index < -0.39 is 0 Å². The molecule has 0 aromatic heterocycles. The molecule has 13 heavy (non-hydrogen) atoms. The fraction of sp³-hybridized carbons (Fsp3) is 0.909. The predicted molar refractivity (Wildman–Crippen MR) is 50.2 cm³/mol. The Balaban J connectivity index is 1.78. The van der Waals surface area contributed by atoms with Crippen LogP contribution < -0.4 is 0 Å². The summed E-state index contributed by atoms with van der Waals surface area (Å²) in [6.07, 6.45) is 7.51. The van der Waals surface area contributed by atoms with Gasteiger partial charge in [0.1, 0.15) is 0 Å². The zero-order valence-corrected chi connectivity index (χ0v) is 8.29. The van der Waals surface area contributed by atoms with E-state index in [1.807, 2.05) is 0 Å². The molecule has 0 aliphatic heterocycles. The largest absolute Gasteiger partial charge is 0.469 e. The highest BCUT2D eigenvalue weighted by atomic mass is 16.5. The van der Waals surface area contributed by atoms with Crippen molar-refractivity contribution in [1.82, 2.24) is 0 Å². The van der Waals surface area contributed by atoms with Crippen LogP contribution in [0.25, 0.3) is 0 Å². The number of hydrogen-bond acceptors (Lipinski definition) is 2. The fourth-order valence-electron chi connectivity index (χ4n) is 2.56. The SMILES string of the molecule is COC(=O)C1CCC(C2CC2)CC1. The van der Waals surface area contributed by atoms with Crippen molar-refractivity contribution in [1.29, 1.82) is 0 Å². The van der Waals surface area contributed by atoms with Crippen LogP contribution in [0.4, 0.5) is 0 Å². The highest BCUT2D eigenvalue weighted by Gasteiger charge is 2.35. The molecule has 0 atom stereocenters. The van der Waals surface area contributed by atoms with E-state index in [9.17, 15) is 4.79 Å². The lowest BCUT2D eigenvalue weighted by Gasteiger charge is -2.26. The normalized spacial score (nSPS) is 34.2. The van der Waals surface area contributed by atoms with Gasteiger partial charge in [0.05, 0.1) is 13.0 Å². The smallest absolute Gasteiger partial charge is 0.308 e. The van der Waals surface area contributed by atoms with Crippen molar-refractivity contribution in [2.45, 2.75) is 38.5 Å². The van der Waals surface area contributed by atoms with Gasteiger partial charge in [0.25, 0.3) is 0 Å². The Hall–Kier alpha value is -0.530. The van der Waals surface area contributed by atoms with Crippen molar-refractivity contribution in [3.63, 3.8) is 0 Å². The highest BCUT2D eigenvalue weighted by molar-refractivity contribution is 5.72. The Labute approximate surface area is 79.7 Å².